The number of hydrogen-bond acceptors (Lipinski definition) is 2. The molecule has 0 aliphatic carbocycles. The molecule has 18 heavy (non-hydrogen) atoms. The van der Waals surface area contributed by atoms with E-state index in [4.69, 9.17) is 11.6 Å². The van der Waals surface area contributed by atoms with Crippen LogP contribution in [0.5, 0.6) is 0 Å². The van der Waals surface area contributed by atoms with Gasteiger partial charge in [0.2, 0.25) is 0 Å². The molecule has 0 spiro atoms. The molecule has 3 aromatic rings. The van der Waals surface area contributed by atoms with Crippen LogP contribution in [-0.4, -0.2) is 4.98 Å². The van der Waals surface area contributed by atoms with Gasteiger partial charge in [-0.25, -0.2) is 0 Å². The van der Waals surface area contributed by atoms with E-state index in [1.165, 1.54) is 0 Å². The molecule has 0 aliphatic rings. The van der Waals surface area contributed by atoms with E-state index in [9.17, 15) is 0 Å². The molecule has 0 unspecified atom stereocenters. The zero-order valence-corrected chi connectivity index (χ0v) is 10.4. The first-order chi connectivity index (χ1) is 8.83. The maximum atomic E-state index is 6.11. The Morgan fingerprint density at radius 2 is 1.72 bits per heavy atom. The second-order valence-corrected chi connectivity index (χ2v) is 4.43. The van der Waals surface area contributed by atoms with E-state index in [0.29, 0.717) is 5.02 Å². The number of anilines is 2. The lowest BCUT2D eigenvalue weighted by Gasteiger charge is -2.08. The quantitative estimate of drug-likeness (QED) is 0.721. The summed E-state index contributed by atoms with van der Waals surface area (Å²) in [6.07, 6.45) is 1.81. The van der Waals surface area contributed by atoms with Gasteiger partial charge in [0.25, 0.3) is 0 Å². The van der Waals surface area contributed by atoms with Crippen LogP contribution in [0.25, 0.3) is 10.9 Å². The van der Waals surface area contributed by atoms with Crippen LogP contribution in [0, 0.1) is 0 Å². The number of nitrogens with zero attached hydrogens (tertiary/aromatic N) is 1. The Labute approximate surface area is 110 Å². The monoisotopic (exact) mass is 254 g/mol. The SMILES string of the molecule is Clc1ccccc1Nc1cnc2ccccc2c1. The lowest BCUT2D eigenvalue weighted by molar-refractivity contribution is 1.39. The van der Waals surface area contributed by atoms with E-state index in [1.54, 1.807) is 0 Å². The van der Waals surface area contributed by atoms with E-state index in [-0.39, 0.29) is 0 Å². The molecule has 1 heterocycles. The fraction of sp³-hybridized carbons (Fsp3) is 0. The van der Waals surface area contributed by atoms with Crippen LogP contribution >= 0.6 is 11.6 Å². The summed E-state index contributed by atoms with van der Waals surface area (Å²) in [5.74, 6) is 0. The van der Waals surface area contributed by atoms with E-state index in [0.717, 1.165) is 22.3 Å². The number of para-hydroxylation sites is 2. The normalized spacial score (nSPS) is 10.5. The van der Waals surface area contributed by atoms with Crippen molar-refractivity contribution in [2.45, 2.75) is 0 Å². The minimum absolute atomic E-state index is 0.700. The van der Waals surface area contributed by atoms with Crippen LogP contribution in [-0.2, 0) is 0 Å². The van der Waals surface area contributed by atoms with Crippen molar-refractivity contribution < 1.29 is 0 Å². The second kappa shape index (κ2) is 4.67. The Kier molecular flexibility index (Phi) is 2.87. The van der Waals surface area contributed by atoms with Gasteiger partial charge in [-0.15, -0.1) is 0 Å². The maximum Gasteiger partial charge on any atom is 0.0703 e. The van der Waals surface area contributed by atoms with Crippen molar-refractivity contribution in [3.8, 4) is 0 Å². The van der Waals surface area contributed by atoms with Crippen LogP contribution in [0.1, 0.15) is 0 Å². The predicted octanol–water partition coefficient (Wildman–Crippen LogP) is 4.63. The van der Waals surface area contributed by atoms with Gasteiger partial charge in [-0.1, -0.05) is 41.9 Å². The molecule has 1 N–H and O–H groups in total. The van der Waals surface area contributed by atoms with Crippen molar-refractivity contribution in [1.29, 1.82) is 0 Å². The Balaban J connectivity index is 1.98. The molecule has 0 saturated heterocycles. The summed E-state index contributed by atoms with van der Waals surface area (Å²) in [6, 6.07) is 17.7. The topological polar surface area (TPSA) is 24.9 Å². The van der Waals surface area contributed by atoms with Gasteiger partial charge in [0.1, 0.15) is 0 Å². The average Bonchev–Trinajstić information content (AvgIpc) is 2.41. The number of rotatable bonds is 2. The Hall–Kier alpha value is -2.06. The van der Waals surface area contributed by atoms with Gasteiger partial charge < -0.3 is 5.32 Å². The summed E-state index contributed by atoms with van der Waals surface area (Å²) in [5.41, 5.74) is 2.81. The smallest absolute Gasteiger partial charge is 0.0703 e. The summed E-state index contributed by atoms with van der Waals surface area (Å²) < 4.78 is 0. The molecule has 1 aromatic heterocycles. The van der Waals surface area contributed by atoms with Crippen molar-refractivity contribution in [3.63, 3.8) is 0 Å². The number of hydrogen-bond donors (Lipinski definition) is 1. The molecule has 0 radical (unpaired) electrons. The lowest BCUT2D eigenvalue weighted by Crippen LogP contribution is -1.92. The lowest BCUT2D eigenvalue weighted by atomic mass is 10.2. The Morgan fingerprint density at radius 1 is 0.944 bits per heavy atom. The molecular formula is C15H11ClN2. The fourth-order valence-corrected chi connectivity index (χ4v) is 2.04. The molecule has 3 rings (SSSR count). The third-order valence-corrected chi connectivity index (χ3v) is 3.07. The number of halogens is 1. The first-order valence-corrected chi connectivity index (χ1v) is 6.07. The van der Waals surface area contributed by atoms with Crippen molar-refractivity contribution >= 4 is 33.9 Å². The largest absolute Gasteiger partial charge is 0.353 e. The number of benzene rings is 2. The summed E-state index contributed by atoms with van der Waals surface area (Å²) >= 11 is 6.11. The van der Waals surface area contributed by atoms with Crippen molar-refractivity contribution in [1.82, 2.24) is 4.98 Å². The first-order valence-electron chi connectivity index (χ1n) is 5.69. The van der Waals surface area contributed by atoms with Crippen molar-refractivity contribution in [2.24, 2.45) is 0 Å². The van der Waals surface area contributed by atoms with Crippen LogP contribution in [0.3, 0.4) is 0 Å². The fourth-order valence-electron chi connectivity index (χ4n) is 1.86. The van der Waals surface area contributed by atoms with E-state index >= 15 is 0 Å². The van der Waals surface area contributed by atoms with Crippen molar-refractivity contribution in [3.05, 3.63) is 65.8 Å². The molecule has 2 nitrogen and oxygen atoms in total. The summed E-state index contributed by atoms with van der Waals surface area (Å²) in [5, 5.41) is 5.08. The molecule has 0 bridgehead atoms. The maximum absolute atomic E-state index is 6.11. The number of nitrogens with one attached hydrogen (secondary N) is 1. The third-order valence-electron chi connectivity index (χ3n) is 2.74. The highest BCUT2D eigenvalue weighted by atomic mass is 35.5. The first kappa shape index (κ1) is 11.1. The van der Waals surface area contributed by atoms with Gasteiger partial charge in [0.15, 0.2) is 0 Å². The minimum Gasteiger partial charge on any atom is -0.353 e. The molecule has 0 saturated carbocycles. The highest BCUT2D eigenvalue weighted by molar-refractivity contribution is 6.33. The Bertz CT molecular complexity index is 695. The second-order valence-electron chi connectivity index (χ2n) is 4.02. The van der Waals surface area contributed by atoms with Gasteiger partial charge in [0.05, 0.1) is 28.1 Å². The summed E-state index contributed by atoms with van der Waals surface area (Å²) in [6.45, 7) is 0. The molecule has 88 valence electrons. The zero-order valence-electron chi connectivity index (χ0n) is 9.60. The van der Waals surface area contributed by atoms with E-state index in [1.807, 2.05) is 54.7 Å². The minimum atomic E-state index is 0.700. The van der Waals surface area contributed by atoms with Gasteiger partial charge in [-0.2, -0.15) is 0 Å². The van der Waals surface area contributed by atoms with Crippen LogP contribution in [0.15, 0.2) is 60.8 Å². The highest BCUT2D eigenvalue weighted by Gasteiger charge is 2.01. The van der Waals surface area contributed by atoms with Gasteiger partial charge in [-0.3, -0.25) is 4.98 Å². The van der Waals surface area contributed by atoms with Gasteiger partial charge >= 0.3 is 0 Å². The predicted molar refractivity (Wildman–Crippen MR) is 76.5 cm³/mol. The van der Waals surface area contributed by atoms with Crippen molar-refractivity contribution in [2.75, 3.05) is 5.32 Å². The third kappa shape index (κ3) is 2.15. The molecule has 2 aromatic carbocycles. The molecule has 0 aliphatic heterocycles. The molecule has 0 atom stereocenters. The number of pyridine rings is 1. The molecule has 3 heteroatoms. The molecule has 0 amide bonds. The van der Waals surface area contributed by atoms with Gasteiger partial charge in [0, 0.05) is 5.39 Å². The molecule has 0 fully saturated rings. The Morgan fingerprint density at radius 3 is 2.61 bits per heavy atom. The van der Waals surface area contributed by atoms with Crippen LogP contribution < -0.4 is 5.32 Å². The zero-order chi connectivity index (χ0) is 12.4. The number of aromatic nitrogens is 1. The van der Waals surface area contributed by atoms with Crippen LogP contribution in [0.4, 0.5) is 11.4 Å². The highest BCUT2D eigenvalue weighted by Crippen LogP contribution is 2.25. The average molecular weight is 255 g/mol. The van der Waals surface area contributed by atoms with E-state index < -0.39 is 0 Å². The van der Waals surface area contributed by atoms with E-state index in [2.05, 4.69) is 16.4 Å². The standard InChI is InChI=1S/C15H11ClN2/c16-13-6-2-4-8-15(13)18-12-9-11-5-1-3-7-14(11)17-10-12/h1-10,18H. The summed E-state index contributed by atoms with van der Waals surface area (Å²) in [4.78, 5) is 4.40. The van der Waals surface area contributed by atoms with Gasteiger partial charge in [-0.05, 0) is 24.3 Å². The molecular weight excluding hydrogens is 244 g/mol. The van der Waals surface area contributed by atoms with Crippen LogP contribution in [0.2, 0.25) is 5.02 Å². The number of fused-ring (bicyclic) bond motifs is 1. The summed E-state index contributed by atoms with van der Waals surface area (Å²) in [7, 11) is 0.